The zero-order valence-corrected chi connectivity index (χ0v) is 13.8. The first-order valence-electron chi connectivity index (χ1n) is 6.78. The number of nitrogens with one attached hydrogen (secondary N) is 1. The monoisotopic (exact) mass is 329 g/mol. The highest BCUT2D eigenvalue weighted by molar-refractivity contribution is 7.89. The Hall–Kier alpha value is -1.08. The Morgan fingerprint density at radius 3 is 2.43 bits per heavy atom. The van der Waals surface area contributed by atoms with Crippen LogP contribution in [0.1, 0.15) is 5.69 Å². The van der Waals surface area contributed by atoms with Crippen LogP contribution in [-0.2, 0) is 17.1 Å². The molecule has 7 heteroatoms. The molecule has 1 N–H and O–H groups in total. The van der Waals surface area contributed by atoms with Crippen LogP contribution in [0.15, 0.2) is 29.2 Å². The summed E-state index contributed by atoms with van der Waals surface area (Å²) in [6, 6.07) is 7.66. The molecular weight excluding hydrogens is 310 g/mol. The number of aromatic nitrogens is 1. The number of nitrogens with zero attached hydrogens (tertiary/aromatic N) is 2. The molecule has 2 aromatic rings. The molecule has 0 saturated carbocycles. The minimum Gasteiger partial charge on any atom is -0.347 e. The van der Waals surface area contributed by atoms with Crippen molar-refractivity contribution in [2.45, 2.75) is 11.8 Å². The Morgan fingerprint density at radius 1 is 1.14 bits per heavy atom. The predicted octanol–water partition coefficient (Wildman–Crippen LogP) is 1.50. The van der Waals surface area contributed by atoms with Crippen molar-refractivity contribution in [1.82, 2.24) is 14.2 Å². The van der Waals surface area contributed by atoms with E-state index in [0.717, 1.165) is 16.6 Å². The Morgan fingerprint density at radius 2 is 1.76 bits per heavy atom. The summed E-state index contributed by atoms with van der Waals surface area (Å²) in [7, 11) is -1.51. The summed E-state index contributed by atoms with van der Waals surface area (Å²) in [4.78, 5) is 0.456. The van der Waals surface area contributed by atoms with E-state index >= 15 is 0 Å². The van der Waals surface area contributed by atoms with Gasteiger partial charge in [0.15, 0.2) is 0 Å². The Kier molecular flexibility index (Phi) is 4.63. The van der Waals surface area contributed by atoms with E-state index in [9.17, 15) is 8.42 Å². The van der Waals surface area contributed by atoms with Crippen molar-refractivity contribution in [3.05, 3.63) is 30.0 Å². The van der Waals surface area contributed by atoms with Gasteiger partial charge in [-0.05, 0) is 13.0 Å². The lowest BCUT2D eigenvalue weighted by atomic mass is 10.2. The van der Waals surface area contributed by atoms with Gasteiger partial charge in [0, 0.05) is 49.8 Å². The summed E-state index contributed by atoms with van der Waals surface area (Å²) in [5, 5.41) is 4.00. The van der Waals surface area contributed by atoms with Crippen LogP contribution in [0, 0.1) is 6.92 Å². The first-order valence-corrected chi connectivity index (χ1v) is 8.22. The quantitative estimate of drug-likeness (QED) is 0.908. The van der Waals surface area contributed by atoms with Crippen LogP contribution in [0.3, 0.4) is 0 Å². The third-order valence-corrected chi connectivity index (χ3v) is 6.09. The lowest BCUT2D eigenvalue weighted by Gasteiger charge is -2.26. The highest BCUT2D eigenvalue weighted by atomic mass is 35.5. The maximum absolute atomic E-state index is 12.9. The molecule has 0 atom stereocenters. The SMILES string of the molecule is Cc1c(S(=O)(=O)N2CCNCC2)c2ccccc2n1C.Cl. The summed E-state index contributed by atoms with van der Waals surface area (Å²) < 4.78 is 29.4. The van der Waals surface area contributed by atoms with Crippen molar-refractivity contribution < 1.29 is 8.42 Å². The topological polar surface area (TPSA) is 54.3 Å². The molecule has 116 valence electrons. The standard InChI is InChI=1S/C14H19N3O2S.ClH/c1-11-14(12-5-3-4-6-13(12)16(11)2)20(18,19)17-9-7-15-8-10-17;/h3-6,15H,7-10H2,1-2H3;1H. The molecular formula is C14H20ClN3O2S. The molecule has 1 aromatic carbocycles. The number of benzene rings is 1. The molecule has 0 amide bonds. The van der Waals surface area contributed by atoms with E-state index in [4.69, 9.17) is 0 Å². The van der Waals surface area contributed by atoms with Gasteiger partial charge in [0.2, 0.25) is 10.0 Å². The number of rotatable bonds is 2. The molecule has 0 spiro atoms. The summed E-state index contributed by atoms with van der Waals surface area (Å²) >= 11 is 0. The number of aryl methyl sites for hydroxylation is 1. The molecule has 3 rings (SSSR count). The van der Waals surface area contributed by atoms with Gasteiger partial charge in [-0.2, -0.15) is 4.31 Å². The first-order chi connectivity index (χ1) is 9.53. The second kappa shape index (κ2) is 5.96. The fourth-order valence-corrected chi connectivity index (χ4v) is 4.71. The zero-order valence-electron chi connectivity index (χ0n) is 12.2. The van der Waals surface area contributed by atoms with Crippen LogP contribution in [0.4, 0.5) is 0 Å². The van der Waals surface area contributed by atoms with E-state index in [1.807, 2.05) is 42.8 Å². The van der Waals surface area contributed by atoms with Crippen LogP contribution in [0.25, 0.3) is 10.9 Å². The molecule has 21 heavy (non-hydrogen) atoms. The second-order valence-corrected chi connectivity index (χ2v) is 7.02. The van der Waals surface area contributed by atoms with Crippen molar-refractivity contribution in [3.63, 3.8) is 0 Å². The molecule has 1 aromatic heterocycles. The van der Waals surface area contributed by atoms with Crippen molar-refractivity contribution in [2.24, 2.45) is 7.05 Å². The maximum atomic E-state index is 12.9. The smallest absolute Gasteiger partial charge is 0.245 e. The van der Waals surface area contributed by atoms with Crippen LogP contribution in [0.2, 0.25) is 0 Å². The number of hydrogen-bond acceptors (Lipinski definition) is 3. The Labute approximate surface area is 131 Å². The van der Waals surface area contributed by atoms with E-state index in [-0.39, 0.29) is 12.4 Å². The van der Waals surface area contributed by atoms with Crippen molar-refractivity contribution in [1.29, 1.82) is 0 Å². The molecule has 2 heterocycles. The molecule has 5 nitrogen and oxygen atoms in total. The highest BCUT2D eigenvalue weighted by Gasteiger charge is 2.30. The average molecular weight is 330 g/mol. The number of sulfonamides is 1. The summed E-state index contributed by atoms with van der Waals surface area (Å²) in [5.74, 6) is 0. The first kappa shape index (κ1) is 16.3. The molecule has 0 bridgehead atoms. The Bertz CT molecular complexity index is 749. The fourth-order valence-electron chi connectivity index (χ4n) is 2.83. The van der Waals surface area contributed by atoms with Crippen molar-refractivity contribution in [3.8, 4) is 0 Å². The largest absolute Gasteiger partial charge is 0.347 e. The van der Waals surface area contributed by atoms with Gasteiger partial charge >= 0.3 is 0 Å². The van der Waals surface area contributed by atoms with Crippen molar-refractivity contribution >= 4 is 33.3 Å². The van der Waals surface area contributed by atoms with Crippen molar-refractivity contribution in [2.75, 3.05) is 26.2 Å². The molecule has 1 saturated heterocycles. The van der Waals surface area contributed by atoms with Crippen LogP contribution >= 0.6 is 12.4 Å². The number of fused-ring (bicyclic) bond motifs is 1. The lowest BCUT2D eigenvalue weighted by Crippen LogP contribution is -2.46. The van der Waals surface area contributed by atoms with Gasteiger partial charge in [0.25, 0.3) is 0 Å². The number of halogens is 1. The minimum atomic E-state index is -3.43. The lowest BCUT2D eigenvalue weighted by molar-refractivity contribution is 0.360. The van der Waals surface area contributed by atoms with Gasteiger partial charge in [0.05, 0.1) is 0 Å². The van der Waals surface area contributed by atoms with Gasteiger partial charge in [-0.15, -0.1) is 12.4 Å². The molecule has 1 aliphatic rings. The molecule has 0 aliphatic carbocycles. The number of para-hydroxylation sites is 1. The Balaban J connectivity index is 0.00000161. The third-order valence-electron chi connectivity index (χ3n) is 4.02. The van der Waals surface area contributed by atoms with Gasteiger partial charge in [-0.3, -0.25) is 0 Å². The van der Waals surface area contributed by atoms with Crippen LogP contribution in [0.5, 0.6) is 0 Å². The third kappa shape index (κ3) is 2.57. The fraction of sp³-hybridized carbons (Fsp3) is 0.429. The highest BCUT2D eigenvalue weighted by Crippen LogP contribution is 2.31. The normalized spacial score (nSPS) is 16.9. The molecule has 0 unspecified atom stereocenters. The van der Waals surface area contributed by atoms with E-state index in [2.05, 4.69) is 5.32 Å². The van der Waals surface area contributed by atoms with Gasteiger partial charge in [-0.25, -0.2) is 8.42 Å². The van der Waals surface area contributed by atoms with Gasteiger partial charge < -0.3 is 9.88 Å². The molecule has 1 fully saturated rings. The minimum absolute atomic E-state index is 0. The van der Waals surface area contributed by atoms with Crippen LogP contribution in [-0.4, -0.2) is 43.5 Å². The van der Waals surface area contributed by atoms with Crippen LogP contribution < -0.4 is 5.32 Å². The van der Waals surface area contributed by atoms with Gasteiger partial charge in [0.1, 0.15) is 4.90 Å². The maximum Gasteiger partial charge on any atom is 0.245 e. The number of piperazine rings is 1. The van der Waals surface area contributed by atoms with Gasteiger partial charge in [-0.1, -0.05) is 18.2 Å². The van der Waals surface area contributed by atoms with E-state index in [0.29, 0.717) is 31.1 Å². The number of hydrogen-bond donors (Lipinski definition) is 1. The summed E-state index contributed by atoms with van der Waals surface area (Å²) in [6.07, 6.45) is 0. The second-order valence-electron chi connectivity index (χ2n) is 5.14. The summed E-state index contributed by atoms with van der Waals surface area (Å²) in [5.41, 5.74) is 1.75. The average Bonchev–Trinajstić information content (AvgIpc) is 2.73. The van der Waals surface area contributed by atoms with E-state index in [1.54, 1.807) is 4.31 Å². The van der Waals surface area contributed by atoms with E-state index in [1.165, 1.54) is 0 Å². The summed E-state index contributed by atoms with van der Waals surface area (Å²) in [6.45, 7) is 4.36. The van der Waals surface area contributed by atoms with E-state index < -0.39 is 10.0 Å². The molecule has 1 aliphatic heterocycles. The predicted molar refractivity (Wildman–Crippen MR) is 86.5 cm³/mol. The molecule has 0 radical (unpaired) electrons. The zero-order chi connectivity index (χ0) is 14.3.